The van der Waals surface area contributed by atoms with Crippen molar-refractivity contribution >= 4 is 39.5 Å². The van der Waals surface area contributed by atoms with E-state index >= 15 is 0 Å². The molecule has 19 heteroatoms. The van der Waals surface area contributed by atoms with Crippen molar-refractivity contribution in [2.75, 3.05) is 39.6 Å². The maximum atomic E-state index is 13.2. The van der Waals surface area contributed by atoms with Crippen LogP contribution in [0.1, 0.15) is 471 Å². The quantitative estimate of drug-likeness (QED) is 0.0222. The number of phosphoric ester groups is 2. The molecule has 0 fully saturated rings. The first-order valence-corrected chi connectivity index (χ1v) is 48.2. The van der Waals surface area contributed by atoms with E-state index in [9.17, 15) is 43.2 Å². The van der Waals surface area contributed by atoms with E-state index in [1.165, 1.54) is 295 Å². The molecular formula is C87H170O17P2. The van der Waals surface area contributed by atoms with Crippen molar-refractivity contribution in [1.29, 1.82) is 0 Å². The Morgan fingerprint density at radius 1 is 0.264 bits per heavy atom. The summed E-state index contributed by atoms with van der Waals surface area (Å²) in [6.45, 7) is 7.41. The molecule has 0 rings (SSSR count). The predicted octanol–water partition coefficient (Wildman–Crippen LogP) is 26.8. The Labute approximate surface area is 651 Å². The van der Waals surface area contributed by atoms with Crippen molar-refractivity contribution in [3.05, 3.63) is 0 Å². The van der Waals surface area contributed by atoms with Crippen LogP contribution in [-0.4, -0.2) is 96.7 Å². The van der Waals surface area contributed by atoms with Crippen LogP contribution in [-0.2, 0) is 65.4 Å². The fourth-order valence-corrected chi connectivity index (χ4v) is 15.2. The minimum atomic E-state index is -4.97. The van der Waals surface area contributed by atoms with Crippen molar-refractivity contribution in [1.82, 2.24) is 0 Å². The number of ether oxygens (including phenoxy) is 4. The SMILES string of the molecule is CCCCCCCCCCCCCCCCCCCCCCCCC(=O)OC[C@H](COP(=O)(O)OC[C@@H](O)COP(=O)(O)OC[C@@H](COC(=O)CCCCCCCCCCC)OC(=O)CCCCCCCCCCCCCCC)OC(=O)CCCCCCCCCCCCCCCCCCCCC(C)CC. The Balaban J connectivity index is 5.17. The van der Waals surface area contributed by atoms with Crippen LogP contribution in [0.5, 0.6) is 0 Å². The second-order valence-electron chi connectivity index (χ2n) is 31.5. The average molecular weight is 1550 g/mol. The summed E-state index contributed by atoms with van der Waals surface area (Å²) in [7, 11) is -9.92. The zero-order valence-corrected chi connectivity index (χ0v) is 71.4. The van der Waals surface area contributed by atoms with Crippen LogP contribution >= 0.6 is 15.6 Å². The number of carbonyl (C=O) groups excluding carboxylic acids is 4. The standard InChI is InChI=1S/C87H170O17P2/c1-6-10-13-16-19-22-24-26-27-28-29-30-31-32-36-39-43-46-51-56-61-66-71-85(90)98-77-83(104-87(92)73-68-63-58-53-48-44-40-37-34-33-35-38-42-45-50-54-59-64-69-80(5)9-4)79-102-106(95,96)100-75-81(88)74-99-105(93,94)101-78-82(76-97-84(89)70-65-60-55-49-21-18-15-12-8-3)103-86(91)72-67-62-57-52-47-41-25-23-20-17-14-11-7-2/h80-83,88H,6-79H2,1-5H3,(H,93,94)(H,95,96)/t80?,81-,82+,83+/m0/s1. The topological polar surface area (TPSA) is 237 Å². The highest BCUT2D eigenvalue weighted by Gasteiger charge is 2.30. The van der Waals surface area contributed by atoms with Crippen molar-refractivity contribution in [2.45, 2.75) is 490 Å². The van der Waals surface area contributed by atoms with E-state index in [1.54, 1.807) is 0 Å². The fraction of sp³-hybridized carbons (Fsp3) is 0.954. The lowest BCUT2D eigenvalue weighted by Gasteiger charge is -2.21. The highest BCUT2D eigenvalue weighted by Crippen LogP contribution is 2.45. The van der Waals surface area contributed by atoms with Gasteiger partial charge in [0, 0.05) is 25.7 Å². The molecule has 0 aliphatic carbocycles. The molecule has 3 unspecified atom stereocenters. The monoisotopic (exact) mass is 1550 g/mol. The second kappa shape index (κ2) is 79.7. The molecule has 17 nitrogen and oxygen atoms in total. The van der Waals surface area contributed by atoms with Crippen molar-refractivity contribution in [3.63, 3.8) is 0 Å². The summed E-state index contributed by atoms with van der Waals surface area (Å²) < 4.78 is 68.8. The van der Waals surface area contributed by atoms with Crippen LogP contribution in [0.3, 0.4) is 0 Å². The molecule has 0 heterocycles. The van der Waals surface area contributed by atoms with Gasteiger partial charge in [-0.2, -0.15) is 0 Å². The van der Waals surface area contributed by atoms with E-state index in [2.05, 4.69) is 34.6 Å². The Hall–Kier alpha value is -1.94. The summed E-state index contributed by atoms with van der Waals surface area (Å²) in [5, 5.41) is 10.7. The van der Waals surface area contributed by atoms with Crippen LogP contribution in [0.2, 0.25) is 0 Å². The van der Waals surface area contributed by atoms with Gasteiger partial charge in [-0.3, -0.25) is 37.3 Å². The zero-order valence-electron chi connectivity index (χ0n) is 69.6. The fourth-order valence-electron chi connectivity index (χ4n) is 13.6. The number of phosphoric acid groups is 2. The molecule has 0 aliphatic heterocycles. The number of esters is 4. The van der Waals surface area contributed by atoms with Crippen LogP contribution in [0.25, 0.3) is 0 Å². The van der Waals surface area contributed by atoms with Gasteiger partial charge in [0.2, 0.25) is 0 Å². The molecule has 0 saturated carbocycles. The number of hydrogen-bond donors (Lipinski definition) is 3. The van der Waals surface area contributed by atoms with Gasteiger partial charge in [0.1, 0.15) is 19.3 Å². The van der Waals surface area contributed by atoms with Gasteiger partial charge < -0.3 is 33.8 Å². The maximum Gasteiger partial charge on any atom is 0.472 e. The third-order valence-electron chi connectivity index (χ3n) is 20.9. The summed E-state index contributed by atoms with van der Waals surface area (Å²) in [5.74, 6) is -1.23. The molecule has 0 bridgehead atoms. The first kappa shape index (κ1) is 104. The summed E-state index contributed by atoms with van der Waals surface area (Å²) in [6.07, 6.45) is 73.7. The van der Waals surface area contributed by atoms with Gasteiger partial charge >= 0.3 is 39.5 Å². The summed E-state index contributed by atoms with van der Waals surface area (Å²) in [6, 6.07) is 0. The number of rotatable bonds is 87. The van der Waals surface area contributed by atoms with Crippen LogP contribution in [0.4, 0.5) is 0 Å². The van der Waals surface area contributed by atoms with Gasteiger partial charge in [0.15, 0.2) is 12.2 Å². The van der Waals surface area contributed by atoms with Crippen molar-refractivity contribution < 1.29 is 80.2 Å². The average Bonchev–Trinajstić information content (AvgIpc) is 0.904. The molecule has 0 radical (unpaired) electrons. The number of hydrogen-bond acceptors (Lipinski definition) is 15. The molecule has 106 heavy (non-hydrogen) atoms. The van der Waals surface area contributed by atoms with Crippen LogP contribution in [0.15, 0.2) is 0 Å². The Bertz CT molecular complexity index is 2020. The molecule has 0 saturated heterocycles. The number of unbranched alkanes of at least 4 members (excludes halogenated alkanes) is 58. The molecule has 0 aromatic heterocycles. The van der Waals surface area contributed by atoms with E-state index in [0.717, 1.165) is 95.8 Å². The normalized spacial score (nSPS) is 14.0. The first-order chi connectivity index (χ1) is 51.6. The molecule has 0 aliphatic rings. The lowest BCUT2D eigenvalue weighted by Crippen LogP contribution is -2.30. The largest absolute Gasteiger partial charge is 0.472 e. The summed E-state index contributed by atoms with van der Waals surface area (Å²) >= 11 is 0. The van der Waals surface area contributed by atoms with Gasteiger partial charge in [0.25, 0.3) is 0 Å². The molecular weight excluding hydrogens is 1380 g/mol. The van der Waals surface area contributed by atoms with Crippen LogP contribution < -0.4 is 0 Å². The molecule has 0 spiro atoms. The Morgan fingerprint density at radius 2 is 0.453 bits per heavy atom. The summed E-state index contributed by atoms with van der Waals surface area (Å²) in [4.78, 5) is 73.1. The van der Waals surface area contributed by atoms with Crippen molar-refractivity contribution in [3.8, 4) is 0 Å². The van der Waals surface area contributed by atoms with Gasteiger partial charge in [0.05, 0.1) is 26.4 Å². The second-order valence-corrected chi connectivity index (χ2v) is 34.4. The van der Waals surface area contributed by atoms with Gasteiger partial charge in [-0.15, -0.1) is 0 Å². The van der Waals surface area contributed by atoms with Gasteiger partial charge in [-0.05, 0) is 31.6 Å². The first-order valence-electron chi connectivity index (χ1n) is 45.2. The van der Waals surface area contributed by atoms with Crippen LogP contribution in [0, 0.1) is 5.92 Å². The lowest BCUT2D eigenvalue weighted by atomic mass is 9.99. The van der Waals surface area contributed by atoms with E-state index in [4.69, 9.17) is 37.0 Å². The lowest BCUT2D eigenvalue weighted by molar-refractivity contribution is -0.161. The molecule has 0 aromatic carbocycles. The molecule has 0 aromatic rings. The molecule has 0 amide bonds. The summed E-state index contributed by atoms with van der Waals surface area (Å²) in [5.41, 5.74) is 0. The van der Waals surface area contributed by atoms with E-state index in [0.29, 0.717) is 25.7 Å². The zero-order chi connectivity index (χ0) is 77.6. The van der Waals surface area contributed by atoms with E-state index in [-0.39, 0.29) is 25.7 Å². The minimum Gasteiger partial charge on any atom is -0.462 e. The smallest absolute Gasteiger partial charge is 0.462 e. The third kappa shape index (κ3) is 78.7. The minimum absolute atomic E-state index is 0.108. The predicted molar refractivity (Wildman–Crippen MR) is 437 cm³/mol. The number of aliphatic hydroxyl groups is 1. The van der Waals surface area contributed by atoms with Gasteiger partial charge in [-0.25, -0.2) is 9.13 Å². The molecule has 630 valence electrons. The van der Waals surface area contributed by atoms with E-state index in [1.807, 2.05) is 0 Å². The van der Waals surface area contributed by atoms with E-state index < -0.39 is 97.5 Å². The number of aliphatic hydroxyl groups excluding tert-OH is 1. The maximum absolute atomic E-state index is 13.2. The molecule has 6 atom stereocenters. The van der Waals surface area contributed by atoms with Crippen molar-refractivity contribution in [2.24, 2.45) is 5.92 Å². The highest BCUT2D eigenvalue weighted by molar-refractivity contribution is 7.47. The molecule has 3 N–H and O–H groups in total. The Kier molecular flexibility index (Phi) is 78.2. The third-order valence-corrected chi connectivity index (χ3v) is 22.8. The Morgan fingerprint density at radius 3 is 0.670 bits per heavy atom. The highest BCUT2D eigenvalue weighted by atomic mass is 31.2. The van der Waals surface area contributed by atoms with Gasteiger partial charge in [-0.1, -0.05) is 420 Å². The number of carbonyl (C=O) groups is 4.